The minimum Gasteiger partial charge on any atom is -0.384 e. The van der Waals surface area contributed by atoms with Crippen LogP contribution in [0.25, 0.3) is 0 Å². The minimum atomic E-state index is 0.0983. The smallest absolute Gasteiger partial charge is 0.117 e. The van der Waals surface area contributed by atoms with Crippen molar-refractivity contribution in [1.82, 2.24) is 4.90 Å². The van der Waals surface area contributed by atoms with Gasteiger partial charge in [0.1, 0.15) is 5.84 Å². The summed E-state index contributed by atoms with van der Waals surface area (Å²) in [6, 6.07) is 0. The molecule has 0 rings (SSSR count). The average Bonchev–Trinajstić information content (AvgIpc) is 1.63. The first-order valence-electron chi connectivity index (χ1n) is 2.73. The Hall–Kier alpha value is -0.990. The van der Waals surface area contributed by atoms with Crippen LogP contribution in [0.5, 0.6) is 0 Å². The lowest BCUT2D eigenvalue weighted by molar-refractivity contribution is 0.514. The van der Waals surface area contributed by atoms with Gasteiger partial charge in [0.2, 0.25) is 0 Å². The molecule has 0 aliphatic carbocycles. The first-order chi connectivity index (χ1) is 4.04. The molecule has 0 aromatic heterocycles. The molecule has 0 aromatic carbocycles. The van der Waals surface area contributed by atoms with Gasteiger partial charge in [-0.25, -0.2) is 0 Å². The van der Waals surface area contributed by atoms with Crippen LogP contribution in [0.3, 0.4) is 0 Å². The lowest BCUT2D eigenvalue weighted by Gasteiger charge is -2.11. The summed E-state index contributed by atoms with van der Waals surface area (Å²) in [6.07, 6.45) is 1.61. The second-order valence-corrected chi connectivity index (χ2v) is 2.14. The molecule has 0 spiro atoms. The predicted molar refractivity (Wildman–Crippen MR) is 39.4 cm³/mol. The lowest BCUT2D eigenvalue weighted by Crippen LogP contribution is -2.13. The van der Waals surface area contributed by atoms with Crippen molar-refractivity contribution in [2.45, 2.75) is 6.92 Å². The zero-order valence-corrected chi connectivity index (χ0v) is 6.10. The minimum absolute atomic E-state index is 0.0983. The van der Waals surface area contributed by atoms with Crippen molar-refractivity contribution in [3.63, 3.8) is 0 Å². The Labute approximate surface area is 55.7 Å². The van der Waals surface area contributed by atoms with E-state index in [1.165, 1.54) is 0 Å². The van der Waals surface area contributed by atoms with Crippen LogP contribution in [0.1, 0.15) is 6.92 Å². The highest BCUT2D eigenvalue weighted by atomic mass is 15.1. The summed E-state index contributed by atoms with van der Waals surface area (Å²) < 4.78 is 0. The summed E-state index contributed by atoms with van der Waals surface area (Å²) in [4.78, 5) is 1.90. The molecular weight excluding hydrogens is 114 g/mol. The maximum Gasteiger partial charge on any atom is 0.117 e. The second kappa shape index (κ2) is 3.12. The molecule has 0 aliphatic rings. The zero-order chi connectivity index (χ0) is 7.44. The molecule has 0 heterocycles. The van der Waals surface area contributed by atoms with Crippen LogP contribution in [0.15, 0.2) is 11.8 Å². The van der Waals surface area contributed by atoms with E-state index in [2.05, 4.69) is 0 Å². The molecule has 52 valence electrons. The van der Waals surface area contributed by atoms with Crippen molar-refractivity contribution < 1.29 is 0 Å². The van der Waals surface area contributed by atoms with Gasteiger partial charge >= 0.3 is 0 Å². The van der Waals surface area contributed by atoms with Crippen LogP contribution in [0, 0.1) is 5.41 Å². The van der Waals surface area contributed by atoms with E-state index < -0.39 is 0 Å². The fourth-order valence-corrected chi connectivity index (χ4v) is 0.354. The van der Waals surface area contributed by atoms with E-state index in [1.807, 2.05) is 25.9 Å². The van der Waals surface area contributed by atoms with Crippen molar-refractivity contribution in [2.24, 2.45) is 5.73 Å². The molecule has 0 atom stereocenters. The van der Waals surface area contributed by atoms with Gasteiger partial charge in [0.25, 0.3) is 0 Å². The number of hydrogen-bond acceptors (Lipinski definition) is 2. The number of nitrogens with one attached hydrogen (secondary N) is 1. The standard InChI is InChI=1S/C6H13N3/c1-5(9(2)3)4-6(7)8/h4H,1-3H3,(H3,7,8)/b5-4+. The van der Waals surface area contributed by atoms with Crippen LogP contribution in [0.2, 0.25) is 0 Å². The van der Waals surface area contributed by atoms with Crippen molar-refractivity contribution >= 4 is 5.84 Å². The highest BCUT2D eigenvalue weighted by Crippen LogP contribution is 1.93. The highest BCUT2D eigenvalue weighted by molar-refractivity contribution is 5.88. The lowest BCUT2D eigenvalue weighted by atomic mass is 10.4. The molecule has 9 heavy (non-hydrogen) atoms. The van der Waals surface area contributed by atoms with Crippen LogP contribution in [-0.4, -0.2) is 24.8 Å². The van der Waals surface area contributed by atoms with Crippen molar-refractivity contribution in [3.05, 3.63) is 11.8 Å². The van der Waals surface area contributed by atoms with Crippen LogP contribution in [0.4, 0.5) is 0 Å². The first-order valence-corrected chi connectivity index (χ1v) is 2.73. The van der Waals surface area contributed by atoms with Gasteiger partial charge in [-0.3, -0.25) is 5.41 Å². The zero-order valence-electron chi connectivity index (χ0n) is 6.10. The first kappa shape index (κ1) is 8.01. The molecule has 0 saturated heterocycles. The van der Waals surface area contributed by atoms with Gasteiger partial charge in [-0.1, -0.05) is 0 Å². The number of nitrogens with two attached hydrogens (primary N) is 1. The summed E-state index contributed by atoms with van der Waals surface area (Å²) >= 11 is 0. The third kappa shape index (κ3) is 3.58. The number of allylic oxidation sites excluding steroid dienone is 1. The predicted octanol–water partition coefficient (Wildman–Crippen LogP) is 0.388. The summed E-state index contributed by atoms with van der Waals surface area (Å²) in [7, 11) is 3.82. The molecule has 0 saturated carbocycles. The Bertz CT molecular complexity index is 135. The van der Waals surface area contributed by atoms with Crippen molar-refractivity contribution in [2.75, 3.05) is 14.1 Å². The molecule has 3 heteroatoms. The van der Waals surface area contributed by atoms with E-state index in [9.17, 15) is 0 Å². The fraction of sp³-hybridized carbons (Fsp3) is 0.500. The van der Waals surface area contributed by atoms with E-state index in [1.54, 1.807) is 6.08 Å². The van der Waals surface area contributed by atoms with E-state index in [0.717, 1.165) is 5.70 Å². The van der Waals surface area contributed by atoms with Gasteiger partial charge < -0.3 is 10.6 Å². The van der Waals surface area contributed by atoms with E-state index in [0.29, 0.717) is 0 Å². The van der Waals surface area contributed by atoms with Gasteiger partial charge in [0.15, 0.2) is 0 Å². The SMILES string of the molecule is C/C(=C\C(=N)N)N(C)C. The largest absolute Gasteiger partial charge is 0.384 e. The molecule has 0 bridgehead atoms. The Morgan fingerprint density at radius 2 is 2.00 bits per heavy atom. The van der Waals surface area contributed by atoms with Crippen LogP contribution < -0.4 is 5.73 Å². The topological polar surface area (TPSA) is 53.1 Å². The average molecular weight is 127 g/mol. The van der Waals surface area contributed by atoms with Crippen molar-refractivity contribution in [3.8, 4) is 0 Å². The number of nitrogens with zero attached hydrogens (tertiary/aromatic N) is 1. The van der Waals surface area contributed by atoms with Gasteiger partial charge in [-0.05, 0) is 13.0 Å². The highest BCUT2D eigenvalue weighted by Gasteiger charge is 1.89. The van der Waals surface area contributed by atoms with Gasteiger partial charge in [0.05, 0.1) is 0 Å². The molecule has 3 N–H and O–H groups in total. The number of amidine groups is 1. The quantitative estimate of drug-likeness (QED) is 0.416. The molecule has 0 amide bonds. The maximum atomic E-state index is 6.89. The van der Waals surface area contributed by atoms with Gasteiger partial charge in [-0.2, -0.15) is 0 Å². The summed E-state index contributed by atoms with van der Waals surface area (Å²) in [6.45, 7) is 1.90. The summed E-state index contributed by atoms with van der Waals surface area (Å²) in [5.74, 6) is 0.0983. The molecular formula is C6H13N3. The van der Waals surface area contributed by atoms with Gasteiger partial charge in [0, 0.05) is 19.8 Å². The molecule has 0 aliphatic heterocycles. The molecule has 0 fully saturated rings. The third-order valence-electron chi connectivity index (χ3n) is 1.07. The molecule has 0 aromatic rings. The molecule has 0 radical (unpaired) electrons. The van der Waals surface area contributed by atoms with E-state index >= 15 is 0 Å². The third-order valence-corrected chi connectivity index (χ3v) is 1.07. The number of hydrogen-bond donors (Lipinski definition) is 2. The number of rotatable bonds is 2. The Morgan fingerprint density at radius 1 is 1.56 bits per heavy atom. The monoisotopic (exact) mass is 127 g/mol. The second-order valence-electron chi connectivity index (χ2n) is 2.14. The Morgan fingerprint density at radius 3 is 2.11 bits per heavy atom. The Balaban J connectivity index is 4.00. The van der Waals surface area contributed by atoms with E-state index in [-0.39, 0.29) is 5.84 Å². The Kier molecular flexibility index (Phi) is 2.78. The maximum absolute atomic E-state index is 6.89. The van der Waals surface area contributed by atoms with Crippen LogP contribution in [-0.2, 0) is 0 Å². The summed E-state index contributed by atoms with van der Waals surface area (Å²) in [5, 5.41) is 6.89. The molecule has 0 unspecified atom stereocenters. The van der Waals surface area contributed by atoms with Crippen molar-refractivity contribution in [1.29, 1.82) is 5.41 Å². The normalized spacial score (nSPS) is 11.2. The van der Waals surface area contributed by atoms with Gasteiger partial charge in [-0.15, -0.1) is 0 Å². The van der Waals surface area contributed by atoms with E-state index in [4.69, 9.17) is 11.1 Å². The van der Waals surface area contributed by atoms with Crippen LogP contribution >= 0.6 is 0 Å². The molecule has 3 nitrogen and oxygen atoms in total. The fourth-order valence-electron chi connectivity index (χ4n) is 0.354. The summed E-state index contributed by atoms with van der Waals surface area (Å²) in [5.41, 5.74) is 6.10.